The van der Waals surface area contributed by atoms with Crippen molar-refractivity contribution in [2.75, 3.05) is 24.6 Å². The molecule has 4 atom stereocenters. The van der Waals surface area contributed by atoms with Crippen LogP contribution in [-0.4, -0.2) is 68.8 Å². The fourth-order valence-corrected chi connectivity index (χ4v) is 10.4. The van der Waals surface area contributed by atoms with Crippen LogP contribution in [0.1, 0.15) is 70.2 Å². The summed E-state index contributed by atoms with van der Waals surface area (Å²) in [5, 5.41) is 40.2. The van der Waals surface area contributed by atoms with E-state index in [4.69, 9.17) is 0 Å². The van der Waals surface area contributed by atoms with E-state index in [2.05, 4.69) is 0 Å². The zero-order valence-corrected chi connectivity index (χ0v) is 37.7. The van der Waals surface area contributed by atoms with Gasteiger partial charge in [-0.3, -0.25) is 9.13 Å². The topological polar surface area (TPSA) is 195 Å². The third-order valence-corrected chi connectivity index (χ3v) is 13.9. The van der Waals surface area contributed by atoms with Crippen LogP contribution in [0.5, 0.6) is 0 Å². The third-order valence-electron chi connectivity index (χ3n) is 9.84. The van der Waals surface area contributed by atoms with E-state index < -0.39 is 64.0 Å². The molecule has 4 aromatic rings. The van der Waals surface area contributed by atoms with E-state index in [1.807, 2.05) is 52.0 Å². The molecule has 0 aliphatic carbocycles. The standard InChI is InChI=1S/2C22H28FO5P.2Li/c2*1-14-9-15(2)19(20(10-14)17-6-7-21(23)16(3)11-17)5-4-8-29(27,28)13-18(24)12-22(25)26;;/h2*6-7,9-11,18,24H,4-5,8,12-13H2,1-3H3,(H,25,26)(H,27,28);;/q;;2*+1/p-2. The molecule has 16 heteroatoms. The zero-order valence-electron chi connectivity index (χ0n) is 35.9. The summed E-state index contributed by atoms with van der Waals surface area (Å²) in [5.41, 5.74) is 11.1. The quantitative estimate of drug-likeness (QED) is 0.0797. The van der Waals surface area contributed by atoms with Gasteiger partial charge in [0.05, 0.1) is 24.5 Å². The smallest absolute Gasteiger partial charge is 0.550 e. The summed E-state index contributed by atoms with van der Waals surface area (Å²) in [5.74, 6) is -3.44. The second-order valence-electron chi connectivity index (χ2n) is 15.3. The molecule has 4 N–H and O–H groups in total. The molecule has 4 rings (SSSR count). The van der Waals surface area contributed by atoms with Gasteiger partial charge in [-0.1, -0.05) is 47.5 Å². The van der Waals surface area contributed by atoms with Crippen molar-refractivity contribution >= 4 is 26.7 Å². The maximum absolute atomic E-state index is 13.7. The van der Waals surface area contributed by atoms with E-state index in [-0.39, 0.29) is 61.7 Å². The molecule has 0 fully saturated rings. The van der Waals surface area contributed by atoms with E-state index >= 15 is 0 Å². The Morgan fingerprint density at radius 3 is 1.22 bits per heavy atom. The average molecular weight is 857 g/mol. The molecule has 4 unspecified atom stereocenters. The number of hydrogen-bond acceptors (Lipinski definition) is 8. The van der Waals surface area contributed by atoms with Gasteiger partial charge in [0.2, 0.25) is 14.7 Å². The van der Waals surface area contributed by atoms with Gasteiger partial charge >= 0.3 is 37.7 Å². The van der Waals surface area contributed by atoms with Gasteiger partial charge in [-0.25, -0.2) is 8.78 Å². The SMILES string of the molecule is Cc1cc(C)c(CCCP(=O)(O)CC(O)CC(=O)[O-])c(-c2ccc(F)c(C)c2)c1.Cc1cc(C)c(CCCP(=O)(O)CC(O)CC(=O)[O-])c(-c2ccc(F)c(C)c2)c1.[Li+].[Li+]. The fourth-order valence-electron chi connectivity index (χ4n) is 7.16. The van der Waals surface area contributed by atoms with E-state index in [1.165, 1.54) is 12.1 Å². The van der Waals surface area contributed by atoms with Crippen LogP contribution in [0.3, 0.4) is 0 Å². The number of carbonyl (C=O) groups is 2. The van der Waals surface area contributed by atoms with Gasteiger partial charge in [0.1, 0.15) is 11.6 Å². The summed E-state index contributed by atoms with van der Waals surface area (Å²) in [6.45, 7) is 11.3. The van der Waals surface area contributed by atoms with Crippen LogP contribution in [0.25, 0.3) is 22.3 Å². The summed E-state index contributed by atoms with van der Waals surface area (Å²) < 4.78 is 52.0. The Hall–Kier alpha value is -2.83. The number of aliphatic hydroxyl groups is 2. The van der Waals surface area contributed by atoms with Crippen LogP contribution in [-0.2, 0) is 31.6 Å². The molecule has 0 saturated carbocycles. The molecule has 0 spiro atoms. The fraction of sp³-hybridized carbons (Fsp3) is 0.409. The molecule has 10 nitrogen and oxygen atoms in total. The number of aliphatic hydroxyl groups excluding tert-OH is 2. The number of carboxylic acid groups (broad SMARTS) is 2. The summed E-state index contributed by atoms with van der Waals surface area (Å²) in [7, 11) is -7.32. The zero-order chi connectivity index (χ0) is 43.5. The predicted octanol–water partition coefficient (Wildman–Crippen LogP) is 0.252. The molecule has 0 aliphatic heterocycles. The van der Waals surface area contributed by atoms with Crippen LogP contribution in [0.4, 0.5) is 8.78 Å². The first-order chi connectivity index (χ1) is 27.0. The molecular weight excluding hydrogens is 802 g/mol. The maximum Gasteiger partial charge on any atom is 1.00 e. The van der Waals surface area contributed by atoms with Crippen LogP contribution in [0.15, 0.2) is 60.7 Å². The number of halogens is 2. The monoisotopic (exact) mass is 856 g/mol. The molecule has 316 valence electrons. The van der Waals surface area contributed by atoms with Crippen molar-refractivity contribution in [1.82, 2.24) is 0 Å². The Balaban J connectivity index is 0.000000581. The Morgan fingerprint density at radius 2 is 0.917 bits per heavy atom. The Morgan fingerprint density at radius 1 is 0.583 bits per heavy atom. The van der Waals surface area contributed by atoms with Crippen LogP contribution < -0.4 is 47.9 Å². The van der Waals surface area contributed by atoms with Crippen molar-refractivity contribution in [3.63, 3.8) is 0 Å². The van der Waals surface area contributed by atoms with E-state index in [1.54, 1.807) is 38.1 Å². The molecular formula is C44H54F2Li2O10P2. The van der Waals surface area contributed by atoms with Crippen LogP contribution >= 0.6 is 14.7 Å². The number of hydrogen-bond donors (Lipinski definition) is 4. The van der Waals surface area contributed by atoms with Gasteiger partial charge < -0.3 is 39.8 Å². The van der Waals surface area contributed by atoms with Crippen LogP contribution in [0, 0.1) is 53.2 Å². The molecule has 4 aromatic carbocycles. The second kappa shape index (κ2) is 24.7. The molecule has 0 heterocycles. The van der Waals surface area contributed by atoms with Crippen molar-refractivity contribution in [1.29, 1.82) is 0 Å². The average Bonchev–Trinajstić information content (AvgIpc) is 3.07. The van der Waals surface area contributed by atoms with E-state index in [0.717, 1.165) is 55.6 Å². The second-order valence-corrected chi connectivity index (χ2v) is 20.3. The normalized spacial score (nSPS) is 13.9. The molecule has 0 aromatic heterocycles. The maximum atomic E-state index is 13.7. The molecule has 0 amide bonds. The first-order valence-electron chi connectivity index (χ1n) is 19.1. The minimum atomic E-state index is -3.66. The van der Waals surface area contributed by atoms with Crippen molar-refractivity contribution < 1.29 is 95.4 Å². The van der Waals surface area contributed by atoms with Crippen molar-refractivity contribution in [3.8, 4) is 22.3 Å². The Bertz CT molecular complexity index is 2050. The minimum absolute atomic E-state index is 0. The predicted molar refractivity (Wildman–Crippen MR) is 219 cm³/mol. The van der Waals surface area contributed by atoms with Crippen molar-refractivity contribution in [2.45, 2.75) is 92.3 Å². The van der Waals surface area contributed by atoms with Gasteiger partial charge in [-0.2, -0.15) is 0 Å². The summed E-state index contributed by atoms with van der Waals surface area (Å²) in [6, 6.07) is 18.0. The van der Waals surface area contributed by atoms with E-state index in [0.29, 0.717) is 36.8 Å². The molecule has 0 radical (unpaired) electrons. The first kappa shape index (κ1) is 55.2. The largest absolute Gasteiger partial charge is 1.00 e. The number of aryl methyl sites for hydroxylation is 6. The third kappa shape index (κ3) is 17.9. The number of carbonyl (C=O) groups excluding carboxylic acids is 2. The summed E-state index contributed by atoms with van der Waals surface area (Å²) in [4.78, 5) is 41.2. The van der Waals surface area contributed by atoms with Crippen molar-refractivity contribution in [2.24, 2.45) is 0 Å². The first-order valence-corrected chi connectivity index (χ1v) is 23.1. The molecule has 0 bridgehead atoms. The molecule has 0 aliphatic rings. The number of rotatable bonds is 18. The number of aliphatic carboxylic acids is 2. The molecule has 60 heavy (non-hydrogen) atoms. The van der Waals surface area contributed by atoms with Gasteiger partial charge in [0.25, 0.3) is 0 Å². The van der Waals surface area contributed by atoms with Gasteiger partial charge in [-0.05, 0) is 147 Å². The Kier molecular flexibility index (Phi) is 22.7. The van der Waals surface area contributed by atoms with Crippen molar-refractivity contribution in [3.05, 3.63) is 117 Å². The molecule has 0 saturated heterocycles. The minimum Gasteiger partial charge on any atom is -0.550 e. The summed E-state index contributed by atoms with van der Waals surface area (Å²) in [6.07, 6.45) is -3.17. The van der Waals surface area contributed by atoms with E-state index in [9.17, 15) is 57.7 Å². The van der Waals surface area contributed by atoms with Crippen LogP contribution in [0.2, 0.25) is 0 Å². The van der Waals surface area contributed by atoms with Gasteiger partial charge in [0, 0.05) is 37.1 Å². The number of carboxylic acids is 2. The Labute approximate surface area is 376 Å². The number of benzene rings is 4. The summed E-state index contributed by atoms with van der Waals surface area (Å²) >= 11 is 0. The van der Waals surface area contributed by atoms with Gasteiger partial charge in [0.15, 0.2) is 0 Å². The van der Waals surface area contributed by atoms with Gasteiger partial charge in [-0.15, -0.1) is 0 Å².